The van der Waals surface area contributed by atoms with Gasteiger partial charge in [0.2, 0.25) is 0 Å². The quantitative estimate of drug-likeness (QED) is 0.594. The predicted molar refractivity (Wildman–Crippen MR) is 112 cm³/mol. The molecule has 1 heteroatoms. The zero-order valence-corrected chi connectivity index (χ0v) is 17.6. The molecule has 6 unspecified atom stereocenters. The van der Waals surface area contributed by atoms with E-state index in [1.807, 2.05) is 0 Å². The zero-order valence-electron chi connectivity index (χ0n) is 17.6. The predicted octanol–water partition coefficient (Wildman–Crippen LogP) is 6.70. The normalized spacial score (nSPS) is 42.3. The molecule has 0 aromatic carbocycles. The highest BCUT2D eigenvalue weighted by atomic mass is 16.3. The molecule has 1 nitrogen and oxygen atoms in total. The minimum atomic E-state index is 0.339. The summed E-state index contributed by atoms with van der Waals surface area (Å²) in [5.41, 5.74) is 4.96. The lowest BCUT2D eigenvalue weighted by Gasteiger charge is -2.44. The topological polar surface area (TPSA) is 20.2 Å². The van der Waals surface area contributed by atoms with Crippen molar-refractivity contribution in [2.75, 3.05) is 6.61 Å². The van der Waals surface area contributed by atoms with Crippen molar-refractivity contribution in [3.63, 3.8) is 0 Å². The number of allylic oxidation sites excluding steroid dienone is 5. The molecule has 3 rings (SSSR count). The molecule has 0 heterocycles. The van der Waals surface area contributed by atoms with Crippen molar-refractivity contribution in [2.45, 2.75) is 79.1 Å². The maximum Gasteiger partial charge on any atom is 0.0459 e. The van der Waals surface area contributed by atoms with Crippen molar-refractivity contribution in [1.82, 2.24) is 0 Å². The van der Waals surface area contributed by atoms with Crippen LogP contribution < -0.4 is 0 Å². The van der Waals surface area contributed by atoms with Crippen molar-refractivity contribution in [2.24, 2.45) is 35.0 Å². The van der Waals surface area contributed by atoms with E-state index in [1.54, 1.807) is 5.57 Å². The first-order chi connectivity index (χ1) is 12.4. The van der Waals surface area contributed by atoms with Crippen molar-refractivity contribution in [1.29, 1.82) is 0 Å². The molecule has 26 heavy (non-hydrogen) atoms. The number of rotatable bonds is 4. The molecule has 3 aliphatic carbocycles. The Labute approximate surface area is 161 Å². The molecular formula is C25H40O. The molecule has 3 aliphatic rings. The van der Waals surface area contributed by atoms with Crippen molar-refractivity contribution in [3.8, 4) is 0 Å². The van der Waals surface area contributed by atoms with Gasteiger partial charge in [-0.3, -0.25) is 0 Å². The summed E-state index contributed by atoms with van der Waals surface area (Å²) >= 11 is 0. The highest BCUT2D eigenvalue weighted by Crippen LogP contribution is 2.59. The molecule has 0 spiro atoms. The fourth-order valence-corrected chi connectivity index (χ4v) is 6.52. The first kappa shape index (κ1) is 19.9. The number of aliphatic hydroxyl groups is 1. The third kappa shape index (κ3) is 3.61. The van der Waals surface area contributed by atoms with E-state index in [0.29, 0.717) is 29.8 Å². The van der Waals surface area contributed by atoms with E-state index in [1.165, 1.54) is 62.5 Å². The van der Waals surface area contributed by atoms with E-state index >= 15 is 0 Å². The van der Waals surface area contributed by atoms with Gasteiger partial charge >= 0.3 is 0 Å². The van der Waals surface area contributed by atoms with Crippen LogP contribution in [-0.2, 0) is 0 Å². The average molecular weight is 357 g/mol. The Morgan fingerprint density at radius 2 is 2.08 bits per heavy atom. The van der Waals surface area contributed by atoms with E-state index < -0.39 is 0 Å². The third-order valence-electron chi connectivity index (χ3n) is 8.29. The highest BCUT2D eigenvalue weighted by Gasteiger charge is 2.50. The summed E-state index contributed by atoms with van der Waals surface area (Å²) < 4.78 is 0. The van der Waals surface area contributed by atoms with Crippen LogP contribution in [0.25, 0.3) is 0 Å². The molecule has 146 valence electrons. The first-order valence-electron chi connectivity index (χ1n) is 11.1. The van der Waals surface area contributed by atoms with Crippen LogP contribution in [0.4, 0.5) is 0 Å². The van der Waals surface area contributed by atoms with Gasteiger partial charge in [0, 0.05) is 6.61 Å². The zero-order chi connectivity index (χ0) is 18.9. The smallest absolute Gasteiger partial charge is 0.0459 e. The summed E-state index contributed by atoms with van der Waals surface area (Å²) in [5, 5.41) is 9.71. The molecule has 3 fully saturated rings. The van der Waals surface area contributed by atoms with E-state index in [0.717, 1.165) is 11.8 Å². The van der Waals surface area contributed by atoms with Gasteiger partial charge in [0.1, 0.15) is 0 Å². The average Bonchev–Trinajstić information content (AvgIpc) is 2.99. The van der Waals surface area contributed by atoms with Gasteiger partial charge in [0.25, 0.3) is 0 Å². The summed E-state index contributed by atoms with van der Waals surface area (Å²) in [6.45, 7) is 14.2. The van der Waals surface area contributed by atoms with Gasteiger partial charge in [-0.05, 0) is 91.1 Å². The van der Waals surface area contributed by atoms with Crippen LogP contribution in [0.15, 0.2) is 35.5 Å². The Kier molecular flexibility index (Phi) is 6.17. The molecule has 0 bridgehead atoms. The summed E-state index contributed by atoms with van der Waals surface area (Å²) in [6.07, 6.45) is 15.3. The molecule has 0 aromatic rings. The summed E-state index contributed by atoms with van der Waals surface area (Å²) in [7, 11) is 0. The van der Waals surface area contributed by atoms with E-state index in [4.69, 9.17) is 0 Å². The Hall–Kier alpha value is -0.820. The Bertz CT molecular complexity index is 583. The lowest BCUT2D eigenvalue weighted by Crippen LogP contribution is -2.36. The summed E-state index contributed by atoms with van der Waals surface area (Å²) in [5.74, 6) is 3.31. The van der Waals surface area contributed by atoms with Gasteiger partial charge in [-0.25, -0.2) is 0 Å². The second-order valence-electron chi connectivity index (χ2n) is 9.83. The van der Waals surface area contributed by atoms with Crippen LogP contribution in [0.1, 0.15) is 79.1 Å². The van der Waals surface area contributed by atoms with Gasteiger partial charge in [0.05, 0.1) is 0 Å². The van der Waals surface area contributed by atoms with Gasteiger partial charge < -0.3 is 5.11 Å². The van der Waals surface area contributed by atoms with Crippen LogP contribution in [0, 0.1) is 35.0 Å². The Morgan fingerprint density at radius 1 is 1.31 bits per heavy atom. The van der Waals surface area contributed by atoms with Crippen LogP contribution >= 0.6 is 0 Å². The third-order valence-corrected chi connectivity index (χ3v) is 8.29. The summed E-state index contributed by atoms with van der Waals surface area (Å²) in [6, 6.07) is 0. The van der Waals surface area contributed by atoms with E-state index in [2.05, 4.69) is 46.4 Å². The molecule has 0 aliphatic heterocycles. The molecular weight excluding hydrogens is 316 g/mol. The molecule has 6 atom stereocenters. The monoisotopic (exact) mass is 356 g/mol. The van der Waals surface area contributed by atoms with E-state index in [9.17, 15) is 5.11 Å². The lowest BCUT2D eigenvalue weighted by atomic mass is 9.61. The number of hydrogen-bond acceptors (Lipinski definition) is 1. The SMILES string of the molecule is C=C1C(=CC=C2CCCC3(C)C2CCC3C(C)CO)CC(CC)CC1C. The molecule has 3 saturated carbocycles. The summed E-state index contributed by atoms with van der Waals surface area (Å²) in [4.78, 5) is 0. The van der Waals surface area contributed by atoms with Gasteiger partial charge in [0.15, 0.2) is 0 Å². The molecule has 0 saturated heterocycles. The molecule has 0 aromatic heterocycles. The van der Waals surface area contributed by atoms with Crippen LogP contribution in [0.5, 0.6) is 0 Å². The minimum absolute atomic E-state index is 0.339. The van der Waals surface area contributed by atoms with Crippen molar-refractivity contribution < 1.29 is 5.11 Å². The second-order valence-corrected chi connectivity index (χ2v) is 9.83. The van der Waals surface area contributed by atoms with Gasteiger partial charge in [-0.2, -0.15) is 0 Å². The molecule has 0 radical (unpaired) electrons. The van der Waals surface area contributed by atoms with Gasteiger partial charge in [-0.15, -0.1) is 0 Å². The fraction of sp³-hybridized carbons (Fsp3) is 0.760. The minimum Gasteiger partial charge on any atom is -0.396 e. The highest BCUT2D eigenvalue weighted by molar-refractivity contribution is 5.37. The maximum absolute atomic E-state index is 9.71. The Morgan fingerprint density at radius 3 is 2.77 bits per heavy atom. The second kappa shape index (κ2) is 8.05. The Balaban J connectivity index is 1.82. The lowest BCUT2D eigenvalue weighted by molar-refractivity contribution is 0.0690. The van der Waals surface area contributed by atoms with Gasteiger partial charge in [-0.1, -0.05) is 58.4 Å². The fourth-order valence-electron chi connectivity index (χ4n) is 6.52. The maximum atomic E-state index is 9.71. The van der Waals surface area contributed by atoms with Crippen LogP contribution in [0.2, 0.25) is 0 Å². The van der Waals surface area contributed by atoms with Crippen molar-refractivity contribution in [3.05, 3.63) is 35.5 Å². The number of hydrogen-bond donors (Lipinski definition) is 1. The molecule has 0 amide bonds. The van der Waals surface area contributed by atoms with Crippen LogP contribution in [0.3, 0.4) is 0 Å². The number of aliphatic hydroxyl groups excluding tert-OH is 1. The number of fused-ring (bicyclic) bond motifs is 1. The van der Waals surface area contributed by atoms with E-state index in [-0.39, 0.29) is 0 Å². The first-order valence-corrected chi connectivity index (χ1v) is 11.1. The van der Waals surface area contributed by atoms with Crippen molar-refractivity contribution >= 4 is 0 Å². The van der Waals surface area contributed by atoms with Crippen LogP contribution in [-0.4, -0.2) is 11.7 Å². The molecule has 1 N–H and O–H groups in total. The largest absolute Gasteiger partial charge is 0.396 e. The standard InChI is InChI=1S/C25H40O/c1-6-20-14-17(2)19(4)22(15-20)10-9-21-8-7-13-25(5)23(18(3)16-26)11-12-24(21)25/h9-10,17-18,20,23-24,26H,4,6-8,11-16H2,1-3,5H3.